The number of halogens is 4. The van der Waals surface area contributed by atoms with Gasteiger partial charge in [-0.15, -0.1) is 12.4 Å². The second kappa shape index (κ2) is 8.55. The maximum atomic E-state index is 12.8. The van der Waals surface area contributed by atoms with E-state index >= 15 is 0 Å². The van der Waals surface area contributed by atoms with Crippen LogP contribution in [0.3, 0.4) is 0 Å². The number of piperidine rings is 1. The molecule has 1 saturated heterocycles. The number of hydrogen-bond donors (Lipinski definition) is 1. The van der Waals surface area contributed by atoms with E-state index in [0.717, 1.165) is 44.5 Å². The Labute approximate surface area is 140 Å². The monoisotopic (exact) mass is 350 g/mol. The summed E-state index contributed by atoms with van der Waals surface area (Å²) in [6.07, 6.45) is -1.97. The molecule has 23 heavy (non-hydrogen) atoms. The predicted octanol–water partition coefficient (Wildman–Crippen LogP) is 3.73. The smallest absolute Gasteiger partial charge is 0.336 e. The minimum atomic E-state index is -4.43. The van der Waals surface area contributed by atoms with Crippen molar-refractivity contribution in [2.45, 2.75) is 38.4 Å². The van der Waals surface area contributed by atoms with Crippen LogP contribution in [0.15, 0.2) is 24.3 Å². The highest BCUT2D eigenvalue weighted by Gasteiger charge is 2.32. The van der Waals surface area contributed by atoms with Gasteiger partial charge >= 0.3 is 6.18 Å². The van der Waals surface area contributed by atoms with E-state index in [1.165, 1.54) is 12.1 Å². The van der Waals surface area contributed by atoms with Crippen molar-refractivity contribution in [2.75, 3.05) is 19.6 Å². The molecule has 2 rings (SSSR count). The highest BCUT2D eigenvalue weighted by molar-refractivity contribution is 5.94. The summed E-state index contributed by atoms with van der Waals surface area (Å²) >= 11 is 0. The van der Waals surface area contributed by atoms with Crippen molar-refractivity contribution in [3.63, 3.8) is 0 Å². The lowest BCUT2D eigenvalue weighted by molar-refractivity contribution is -0.137. The molecule has 1 aromatic carbocycles. The minimum Gasteiger partial charge on any atom is -0.336 e. The molecule has 1 aromatic rings. The maximum Gasteiger partial charge on any atom is 0.416 e. The average Bonchev–Trinajstić information content (AvgIpc) is 2.52. The van der Waals surface area contributed by atoms with Crippen LogP contribution in [0.4, 0.5) is 13.2 Å². The summed E-state index contributed by atoms with van der Waals surface area (Å²) in [6, 6.07) is 4.80. The summed E-state index contributed by atoms with van der Waals surface area (Å²) in [6.45, 7) is 4.20. The van der Waals surface area contributed by atoms with Gasteiger partial charge in [0.15, 0.2) is 0 Å². The van der Waals surface area contributed by atoms with Crippen molar-refractivity contribution < 1.29 is 18.0 Å². The second-order valence-corrected chi connectivity index (χ2v) is 5.56. The van der Waals surface area contributed by atoms with Crippen molar-refractivity contribution in [1.29, 1.82) is 0 Å². The zero-order valence-corrected chi connectivity index (χ0v) is 13.8. The molecule has 1 fully saturated rings. The summed E-state index contributed by atoms with van der Waals surface area (Å²) in [5.74, 6) is -0.306. The molecule has 0 radical (unpaired) electrons. The van der Waals surface area contributed by atoms with Gasteiger partial charge in [-0.3, -0.25) is 4.79 Å². The molecule has 0 saturated carbocycles. The van der Waals surface area contributed by atoms with Crippen LogP contribution in [0.5, 0.6) is 0 Å². The zero-order valence-electron chi connectivity index (χ0n) is 13.0. The van der Waals surface area contributed by atoms with Crippen LogP contribution in [0.25, 0.3) is 0 Å². The first-order valence-electron chi connectivity index (χ1n) is 7.62. The van der Waals surface area contributed by atoms with Crippen LogP contribution in [0.1, 0.15) is 42.1 Å². The molecule has 3 nitrogen and oxygen atoms in total. The molecule has 1 N–H and O–H groups in total. The molecule has 1 aliphatic heterocycles. The number of benzene rings is 1. The minimum absolute atomic E-state index is 0. The van der Waals surface area contributed by atoms with Gasteiger partial charge in [0.2, 0.25) is 0 Å². The van der Waals surface area contributed by atoms with Crippen LogP contribution in [-0.4, -0.2) is 36.5 Å². The maximum absolute atomic E-state index is 12.8. The van der Waals surface area contributed by atoms with Gasteiger partial charge in [-0.25, -0.2) is 0 Å². The van der Waals surface area contributed by atoms with Crippen LogP contribution >= 0.6 is 12.4 Å². The van der Waals surface area contributed by atoms with Gasteiger partial charge in [0.25, 0.3) is 5.91 Å². The molecule has 7 heteroatoms. The predicted molar refractivity (Wildman–Crippen MR) is 85.9 cm³/mol. The molecule has 1 aliphatic rings. The standard InChI is InChI=1S/C16H21F3N2O.ClH/c1-2-10-21(14-6-8-20-9-7-14)15(22)12-4-3-5-13(11-12)16(17,18)19;/h3-5,11,14,20H,2,6-10H2,1H3;1H. The fraction of sp³-hybridized carbons (Fsp3) is 0.562. The van der Waals surface area contributed by atoms with Gasteiger partial charge in [0.05, 0.1) is 5.56 Å². The topological polar surface area (TPSA) is 32.3 Å². The summed E-state index contributed by atoms with van der Waals surface area (Å²) in [4.78, 5) is 14.4. The fourth-order valence-electron chi connectivity index (χ4n) is 2.80. The van der Waals surface area contributed by atoms with E-state index in [1.54, 1.807) is 4.90 Å². The molecular formula is C16H22ClF3N2O. The number of carbonyl (C=O) groups is 1. The summed E-state index contributed by atoms with van der Waals surface area (Å²) in [5.41, 5.74) is -0.665. The highest BCUT2D eigenvalue weighted by Crippen LogP contribution is 2.30. The molecule has 1 heterocycles. The molecule has 0 atom stereocenters. The molecule has 0 aliphatic carbocycles. The Balaban J connectivity index is 0.00000264. The normalized spacial score (nSPS) is 15.8. The molecule has 0 bridgehead atoms. The van der Waals surface area contributed by atoms with E-state index in [2.05, 4.69) is 5.32 Å². The summed E-state index contributed by atoms with van der Waals surface area (Å²) in [5, 5.41) is 3.23. The van der Waals surface area contributed by atoms with E-state index in [-0.39, 0.29) is 29.9 Å². The molecule has 130 valence electrons. The molecule has 0 spiro atoms. The van der Waals surface area contributed by atoms with E-state index in [4.69, 9.17) is 0 Å². The number of amides is 1. The number of nitrogens with one attached hydrogen (secondary N) is 1. The van der Waals surface area contributed by atoms with Crippen LogP contribution in [-0.2, 0) is 6.18 Å². The van der Waals surface area contributed by atoms with Gasteiger partial charge in [0.1, 0.15) is 0 Å². The Morgan fingerprint density at radius 1 is 1.30 bits per heavy atom. The molecule has 1 amide bonds. The average molecular weight is 351 g/mol. The number of carbonyl (C=O) groups excluding carboxylic acids is 1. The molecule has 0 aromatic heterocycles. The van der Waals surface area contributed by atoms with Crippen molar-refractivity contribution in [1.82, 2.24) is 10.2 Å². The Morgan fingerprint density at radius 3 is 2.52 bits per heavy atom. The van der Waals surface area contributed by atoms with Crippen molar-refractivity contribution in [2.24, 2.45) is 0 Å². The fourth-order valence-corrected chi connectivity index (χ4v) is 2.80. The first-order chi connectivity index (χ1) is 10.4. The third-order valence-electron chi connectivity index (χ3n) is 3.91. The van der Waals surface area contributed by atoms with Gasteiger partial charge in [-0.05, 0) is 50.6 Å². The van der Waals surface area contributed by atoms with Crippen LogP contribution < -0.4 is 5.32 Å². The Kier molecular flexibility index (Phi) is 7.35. The Hall–Kier alpha value is -1.27. The summed E-state index contributed by atoms with van der Waals surface area (Å²) in [7, 11) is 0. The van der Waals surface area contributed by atoms with Crippen molar-refractivity contribution in [3.8, 4) is 0 Å². The van der Waals surface area contributed by atoms with Crippen molar-refractivity contribution in [3.05, 3.63) is 35.4 Å². The zero-order chi connectivity index (χ0) is 16.2. The van der Waals surface area contributed by atoms with Gasteiger partial charge < -0.3 is 10.2 Å². The van der Waals surface area contributed by atoms with E-state index in [0.29, 0.717) is 6.54 Å². The van der Waals surface area contributed by atoms with Gasteiger partial charge in [-0.2, -0.15) is 13.2 Å². The number of alkyl halides is 3. The molecular weight excluding hydrogens is 329 g/mol. The van der Waals surface area contributed by atoms with Crippen molar-refractivity contribution >= 4 is 18.3 Å². The lowest BCUT2D eigenvalue weighted by Gasteiger charge is -2.34. The lowest BCUT2D eigenvalue weighted by Crippen LogP contribution is -2.46. The quantitative estimate of drug-likeness (QED) is 0.897. The van der Waals surface area contributed by atoms with E-state index < -0.39 is 11.7 Å². The van der Waals surface area contributed by atoms with Crippen LogP contribution in [0.2, 0.25) is 0 Å². The van der Waals surface area contributed by atoms with E-state index in [9.17, 15) is 18.0 Å². The number of nitrogens with zero attached hydrogens (tertiary/aromatic N) is 1. The van der Waals surface area contributed by atoms with Crippen LogP contribution in [0, 0.1) is 0 Å². The second-order valence-electron chi connectivity index (χ2n) is 5.56. The highest BCUT2D eigenvalue weighted by atomic mass is 35.5. The first kappa shape index (κ1) is 19.8. The first-order valence-corrected chi connectivity index (χ1v) is 7.62. The summed E-state index contributed by atoms with van der Waals surface area (Å²) < 4.78 is 38.4. The third-order valence-corrected chi connectivity index (χ3v) is 3.91. The largest absolute Gasteiger partial charge is 0.416 e. The van der Waals surface area contributed by atoms with Gasteiger partial charge in [0, 0.05) is 18.2 Å². The molecule has 0 unspecified atom stereocenters. The Bertz CT molecular complexity index is 516. The number of hydrogen-bond acceptors (Lipinski definition) is 2. The van der Waals surface area contributed by atoms with E-state index in [1.807, 2.05) is 6.92 Å². The number of rotatable bonds is 4. The third kappa shape index (κ3) is 5.11. The lowest BCUT2D eigenvalue weighted by atomic mass is 10.0. The SMILES string of the molecule is CCCN(C(=O)c1cccc(C(F)(F)F)c1)C1CCNCC1.Cl. The van der Waals surface area contributed by atoms with Gasteiger partial charge in [-0.1, -0.05) is 13.0 Å². The Morgan fingerprint density at radius 2 is 1.96 bits per heavy atom.